The van der Waals surface area contributed by atoms with E-state index in [-0.39, 0.29) is 11.4 Å². The van der Waals surface area contributed by atoms with Gasteiger partial charge in [-0.1, -0.05) is 18.2 Å². The number of hydrogen-bond donors (Lipinski definition) is 2. The molecule has 3 N–H and O–H groups in total. The molecule has 104 valence electrons. The fraction of sp³-hybridized carbons (Fsp3) is 0. The number of nitrogen functional groups attached to an aromatic ring is 1. The van der Waals surface area contributed by atoms with Gasteiger partial charge >= 0.3 is 0 Å². The van der Waals surface area contributed by atoms with Crippen LogP contribution >= 0.6 is 15.9 Å². The maximum atomic E-state index is 12.5. The maximum absolute atomic E-state index is 12.5. The Kier molecular flexibility index (Phi) is 4.10. The van der Waals surface area contributed by atoms with Crippen LogP contribution in [-0.4, -0.2) is 21.0 Å². The van der Waals surface area contributed by atoms with Crippen molar-refractivity contribution in [2.75, 3.05) is 5.73 Å². The predicted molar refractivity (Wildman–Crippen MR) is 83.8 cm³/mol. The van der Waals surface area contributed by atoms with E-state index in [1.165, 1.54) is 12.3 Å². The van der Waals surface area contributed by atoms with Crippen molar-refractivity contribution in [1.82, 2.24) is 9.71 Å². The number of amides is 1. The van der Waals surface area contributed by atoms with Crippen molar-refractivity contribution in [3.05, 3.63) is 52.6 Å². The quantitative estimate of drug-likeness (QED) is 0.824. The van der Waals surface area contributed by atoms with Crippen LogP contribution in [0.15, 0.2) is 52.0 Å². The third kappa shape index (κ3) is 3.17. The Morgan fingerprint density at radius 2 is 2.00 bits per heavy atom. The van der Waals surface area contributed by atoms with Gasteiger partial charge in [-0.05, 0) is 40.0 Å². The van der Waals surface area contributed by atoms with E-state index in [4.69, 9.17) is 5.73 Å². The summed E-state index contributed by atoms with van der Waals surface area (Å²) >= 11 is 3.20. The van der Waals surface area contributed by atoms with Crippen LogP contribution in [0.2, 0.25) is 0 Å². The van der Waals surface area contributed by atoms with Gasteiger partial charge in [-0.25, -0.2) is 9.19 Å². The van der Waals surface area contributed by atoms with Crippen LogP contribution < -0.4 is 10.5 Å². The summed E-state index contributed by atoms with van der Waals surface area (Å²) in [6.07, 6.45) is 1.48. The lowest BCUT2D eigenvalue weighted by Gasteiger charge is -2.12. The predicted octanol–water partition coefficient (Wildman–Crippen LogP) is 1.85. The normalized spacial score (nSPS) is 13.4. The Labute approximate surface area is 125 Å². The average molecular weight is 354 g/mol. The van der Waals surface area contributed by atoms with Crippen molar-refractivity contribution in [2.45, 2.75) is 4.90 Å². The summed E-state index contributed by atoms with van der Waals surface area (Å²) in [4.78, 5) is 16.4. The second-order valence-electron chi connectivity index (χ2n) is 4.01. The first-order chi connectivity index (χ1) is 9.40. The molecular weight excluding hydrogens is 342 g/mol. The van der Waals surface area contributed by atoms with E-state index in [0.29, 0.717) is 9.37 Å². The molecule has 2 aromatic rings. The molecule has 0 aliphatic heterocycles. The minimum Gasteiger partial charge on any atom is -0.383 e. The lowest BCUT2D eigenvalue weighted by molar-refractivity contribution is 0.0983. The molecule has 1 aromatic carbocycles. The van der Waals surface area contributed by atoms with Gasteiger partial charge in [0.1, 0.15) is 5.82 Å². The number of pyridine rings is 1. The van der Waals surface area contributed by atoms with Crippen LogP contribution in [0.5, 0.6) is 0 Å². The highest BCUT2D eigenvalue weighted by Crippen LogP contribution is 2.16. The molecule has 1 aromatic heterocycles. The number of halogens is 1. The summed E-state index contributed by atoms with van der Waals surface area (Å²) in [5, 5.41) is 0. The van der Waals surface area contributed by atoms with E-state index in [1.54, 1.807) is 30.3 Å². The van der Waals surface area contributed by atoms with E-state index in [0.717, 1.165) is 0 Å². The number of carbonyl (C=O) groups excluding carboxylic acids is 1. The third-order valence-corrected chi connectivity index (χ3v) is 4.49. The zero-order valence-electron chi connectivity index (χ0n) is 10.4. The van der Waals surface area contributed by atoms with Gasteiger partial charge in [-0.15, -0.1) is 0 Å². The molecule has 1 atom stereocenters. The Balaban J connectivity index is 2.30. The molecular formula is C13H12BrN3O2S. The van der Waals surface area contributed by atoms with Crippen LogP contribution in [0.4, 0.5) is 5.82 Å². The number of nitrogens with one attached hydrogen (secondary N) is 1. The molecule has 0 bridgehead atoms. The van der Waals surface area contributed by atoms with Crippen LogP contribution in [0.3, 0.4) is 0 Å². The van der Waals surface area contributed by atoms with Crippen LogP contribution in [0.1, 0.15) is 10.4 Å². The van der Waals surface area contributed by atoms with Gasteiger partial charge in [0, 0.05) is 15.6 Å². The number of nitrogens with zero attached hydrogens (tertiary/aromatic N) is 1. The van der Waals surface area contributed by atoms with Crippen molar-refractivity contribution in [3.63, 3.8) is 0 Å². The molecule has 5 nitrogen and oxygen atoms in total. The smallest absolute Gasteiger partial charge is 0.266 e. The Hall–Kier alpha value is -1.86. The summed E-state index contributed by atoms with van der Waals surface area (Å²) in [6, 6.07) is 10.0. The number of benzene rings is 1. The molecule has 0 spiro atoms. The molecule has 0 saturated carbocycles. The lowest BCUT2D eigenvalue weighted by atomic mass is 10.2. The van der Waals surface area contributed by atoms with E-state index in [2.05, 4.69) is 31.5 Å². The van der Waals surface area contributed by atoms with Crippen LogP contribution in [-0.2, 0) is 9.71 Å². The zero-order valence-corrected chi connectivity index (χ0v) is 12.8. The van der Waals surface area contributed by atoms with Crippen molar-refractivity contribution in [1.29, 1.82) is 0 Å². The first-order valence-electron chi connectivity index (χ1n) is 5.55. The monoisotopic (exact) mass is 353 g/mol. The first-order valence-corrected chi connectivity index (χ1v) is 8.07. The summed E-state index contributed by atoms with van der Waals surface area (Å²) < 4.78 is 15.4. The summed E-state index contributed by atoms with van der Waals surface area (Å²) in [5.74, 6) is 3.06. The SMILES string of the molecule is C=S(=O)(NC(=O)c1cc(Br)cnc1N)c1ccccc1. The van der Waals surface area contributed by atoms with Crippen molar-refractivity contribution >= 4 is 43.2 Å². The van der Waals surface area contributed by atoms with Crippen molar-refractivity contribution < 1.29 is 9.00 Å². The first kappa shape index (κ1) is 14.5. The largest absolute Gasteiger partial charge is 0.383 e. The molecule has 0 aliphatic carbocycles. The Morgan fingerprint density at radius 1 is 1.35 bits per heavy atom. The van der Waals surface area contributed by atoms with Gasteiger partial charge in [0.05, 0.1) is 15.3 Å². The highest BCUT2D eigenvalue weighted by atomic mass is 79.9. The highest BCUT2D eigenvalue weighted by Gasteiger charge is 2.16. The fourth-order valence-corrected chi connectivity index (χ4v) is 2.99. The van der Waals surface area contributed by atoms with E-state index >= 15 is 0 Å². The summed E-state index contributed by atoms with van der Waals surface area (Å²) in [6.45, 7) is 0. The standard InChI is InChI=1S/C13H12BrN3O2S/c1-20(19,10-5-3-2-4-6-10)17-13(18)11-7-9(14)8-16-12(11)15/h2-8H,1H2,(H2,15,16)(H,17,18,19). The van der Waals surface area contributed by atoms with Gasteiger partial charge in [-0.3, -0.25) is 9.52 Å². The molecule has 2 rings (SSSR count). The third-order valence-electron chi connectivity index (χ3n) is 2.51. The van der Waals surface area contributed by atoms with Crippen LogP contribution in [0, 0.1) is 0 Å². The second-order valence-corrected chi connectivity index (χ2v) is 6.95. The number of rotatable bonds is 3. The second kappa shape index (κ2) is 5.64. The Bertz CT molecular complexity index is 745. The molecule has 1 heterocycles. The molecule has 20 heavy (non-hydrogen) atoms. The van der Waals surface area contributed by atoms with E-state index in [1.807, 2.05) is 0 Å². The number of anilines is 1. The Morgan fingerprint density at radius 3 is 2.65 bits per heavy atom. The van der Waals surface area contributed by atoms with Gasteiger partial charge in [0.2, 0.25) is 0 Å². The van der Waals surface area contributed by atoms with Crippen molar-refractivity contribution in [3.8, 4) is 0 Å². The van der Waals surface area contributed by atoms with Gasteiger partial charge in [-0.2, -0.15) is 0 Å². The molecule has 0 fully saturated rings. The van der Waals surface area contributed by atoms with E-state index < -0.39 is 15.6 Å². The highest BCUT2D eigenvalue weighted by molar-refractivity contribution is 9.10. The molecule has 7 heteroatoms. The topological polar surface area (TPSA) is 85.1 Å². The molecule has 0 radical (unpaired) electrons. The zero-order chi connectivity index (χ0) is 14.8. The maximum Gasteiger partial charge on any atom is 0.266 e. The summed E-state index contributed by atoms with van der Waals surface area (Å²) in [5.41, 5.74) is 5.79. The number of aromatic nitrogens is 1. The van der Waals surface area contributed by atoms with Crippen LogP contribution in [0.25, 0.3) is 0 Å². The molecule has 0 saturated heterocycles. The lowest BCUT2D eigenvalue weighted by Crippen LogP contribution is -2.31. The summed E-state index contributed by atoms with van der Waals surface area (Å²) in [7, 11) is -2.94. The molecule has 1 amide bonds. The van der Waals surface area contributed by atoms with Gasteiger partial charge in [0.15, 0.2) is 0 Å². The number of carbonyl (C=O) groups is 1. The van der Waals surface area contributed by atoms with Gasteiger partial charge in [0.25, 0.3) is 5.91 Å². The van der Waals surface area contributed by atoms with Crippen molar-refractivity contribution in [2.24, 2.45) is 0 Å². The minimum atomic E-state index is -2.94. The average Bonchev–Trinajstić information content (AvgIpc) is 2.42. The fourth-order valence-electron chi connectivity index (χ4n) is 1.54. The molecule has 0 aliphatic rings. The minimum absolute atomic E-state index is 0.0639. The van der Waals surface area contributed by atoms with Gasteiger partial charge < -0.3 is 5.73 Å². The molecule has 1 unspecified atom stereocenters. The number of hydrogen-bond acceptors (Lipinski definition) is 4. The van der Waals surface area contributed by atoms with E-state index in [9.17, 15) is 9.00 Å². The number of nitrogens with two attached hydrogens (primary N) is 1.